The number of hydrogen-bond donors (Lipinski definition) is 0. The molecular weight excluding hydrogens is 318 g/mol. The van der Waals surface area contributed by atoms with Gasteiger partial charge in [0.05, 0.1) is 6.54 Å². The zero-order valence-corrected chi connectivity index (χ0v) is 14.0. The molecular formula is C19H19N3O3. The van der Waals surface area contributed by atoms with Crippen LogP contribution >= 0.6 is 0 Å². The normalized spacial score (nSPS) is 16.2. The van der Waals surface area contributed by atoms with Crippen molar-refractivity contribution in [2.75, 3.05) is 20.2 Å². The van der Waals surface area contributed by atoms with Crippen molar-refractivity contribution in [3.05, 3.63) is 60.5 Å². The van der Waals surface area contributed by atoms with Crippen molar-refractivity contribution in [2.45, 2.75) is 12.6 Å². The van der Waals surface area contributed by atoms with E-state index < -0.39 is 0 Å². The maximum atomic E-state index is 5.98. The fraction of sp³-hybridized carbons (Fsp3) is 0.263. The van der Waals surface area contributed by atoms with Gasteiger partial charge in [-0.1, -0.05) is 30.3 Å². The number of ether oxygens (including phenoxy) is 2. The Hall–Kier alpha value is -2.86. The van der Waals surface area contributed by atoms with Gasteiger partial charge in [-0.25, -0.2) is 0 Å². The second-order valence-corrected chi connectivity index (χ2v) is 6.06. The van der Waals surface area contributed by atoms with Gasteiger partial charge in [-0.2, -0.15) is 0 Å². The van der Waals surface area contributed by atoms with Crippen LogP contribution < -0.4 is 9.47 Å². The number of likely N-dealkylation sites (N-methyl/N-ethyl adjacent to an activating group) is 1. The molecule has 6 heteroatoms. The minimum absolute atomic E-state index is 0.0311. The molecule has 4 rings (SSSR count). The Balaban J connectivity index is 1.35. The van der Waals surface area contributed by atoms with Gasteiger partial charge >= 0.3 is 0 Å². The second kappa shape index (κ2) is 6.94. The predicted octanol–water partition coefficient (Wildman–Crippen LogP) is 3.01. The van der Waals surface area contributed by atoms with Crippen LogP contribution in [0.2, 0.25) is 0 Å². The smallest absolute Gasteiger partial charge is 0.247 e. The van der Waals surface area contributed by atoms with Gasteiger partial charge in [0, 0.05) is 12.1 Å². The van der Waals surface area contributed by atoms with Crippen LogP contribution in [0.1, 0.15) is 5.89 Å². The molecule has 1 aliphatic heterocycles. The molecule has 0 bridgehead atoms. The topological polar surface area (TPSA) is 60.6 Å². The third kappa shape index (κ3) is 3.64. The number of hydrogen-bond acceptors (Lipinski definition) is 6. The Morgan fingerprint density at radius 1 is 1.00 bits per heavy atom. The minimum atomic E-state index is -0.0311. The van der Waals surface area contributed by atoms with Gasteiger partial charge in [-0.05, 0) is 31.3 Å². The number of rotatable bonds is 5. The van der Waals surface area contributed by atoms with E-state index in [9.17, 15) is 0 Å². The molecule has 2 heterocycles. The Bertz CT molecular complexity index is 835. The molecule has 0 saturated heterocycles. The highest BCUT2D eigenvalue weighted by atomic mass is 16.6. The van der Waals surface area contributed by atoms with E-state index in [2.05, 4.69) is 15.1 Å². The average Bonchev–Trinajstić information content (AvgIpc) is 3.10. The summed E-state index contributed by atoms with van der Waals surface area (Å²) in [4.78, 5) is 2.09. The van der Waals surface area contributed by atoms with Crippen molar-refractivity contribution < 1.29 is 13.9 Å². The zero-order chi connectivity index (χ0) is 17.1. The molecule has 0 amide bonds. The first-order valence-electron chi connectivity index (χ1n) is 8.23. The highest BCUT2D eigenvalue weighted by Crippen LogP contribution is 2.31. The van der Waals surface area contributed by atoms with E-state index in [-0.39, 0.29) is 6.10 Å². The summed E-state index contributed by atoms with van der Waals surface area (Å²) in [5.41, 5.74) is 0.921. The first-order valence-corrected chi connectivity index (χ1v) is 8.23. The number of fused-ring (bicyclic) bond motifs is 1. The first-order chi connectivity index (χ1) is 12.3. The summed E-state index contributed by atoms with van der Waals surface area (Å²) in [6, 6.07) is 17.5. The van der Waals surface area contributed by atoms with Gasteiger partial charge in [-0.15, -0.1) is 10.2 Å². The summed E-state index contributed by atoms with van der Waals surface area (Å²) in [7, 11) is 2.00. The van der Waals surface area contributed by atoms with Crippen LogP contribution in [-0.4, -0.2) is 41.4 Å². The van der Waals surface area contributed by atoms with Crippen LogP contribution in [0, 0.1) is 0 Å². The average molecular weight is 337 g/mol. The highest BCUT2D eigenvalue weighted by Gasteiger charge is 2.22. The van der Waals surface area contributed by atoms with E-state index in [0.29, 0.717) is 31.5 Å². The Labute approximate surface area is 146 Å². The summed E-state index contributed by atoms with van der Waals surface area (Å²) in [5.74, 6) is 2.70. The molecule has 0 saturated carbocycles. The Morgan fingerprint density at radius 3 is 2.60 bits per heavy atom. The van der Waals surface area contributed by atoms with Crippen LogP contribution in [0.4, 0.5) is 0 Å². The quantitative estimate of drug-likeness (QED) is 0.713. The van der Waals surface area contributed by atoms with E-state index in [1.54, 1.807) is 0 Å². The van der Waals surface area contributed by atoms with Crippen molar-refractivity contribution in [3.63, 3.8) is 0 Å². The van der Waals surface area contributed by atoms with Crippen molar-refractivity contribution in [2.24, 2.45) is 0 Å². The zero-order valence-electron chi connectivity index (χ0n) is 14.0. The van der Waals surface area contributed by atoms with E-state index in [1.807, 2.05) is 61.6 Å². The molecule has 0 fully saturated rings. The number of aromatic nitrogens is 2. The lowest BCUT2D eigenvalue weighted by Gasteiger charge is -2.29. The molecule has 128 valence electrons. The monoisotopic (exact) mass is 337 g/mol. The highest BCUT2D eigenvalue weighted by molar-refractivity contribution is 5.51. The summed E-state index contributed by atoms with van der Waals surface area (Å²) < 4.78 is 17.5. The second-order valence-electron chi connectivity index (χ2n) is 6.06. The fourth-order valence-corrected chi connectivity index (χ4v) is 2.81. The summed E-state index contributed by atoms with van der Waals surface area (Å²) in [6.45, 7) is 1.79. The maximum absolute atomic E-state index is 5.98. The molecule has 0 unspecified atom stereocenters. The third-order valence-electron chi connectivity index (χ3n) is 3.98. The molecule has 3 aromatic rings. The summed E-state index contributed by atoms with van der Waals surface area (Å²) in [6.07, 6.45) is -0.0311. The van der Waals surface area contributed by atoms with Crippen LogP contribution in [-0.2, 0) is 6.54 Å². The van der Waals surface area contributed by atoms with Gasteiger partial charge in [-0.3, -0.25) is 4.90 Å². The molecule has 6 nitrogen and oxygen atoms in total. The van der Waals surface area contributed by atoms with E-state index >= 15 is 0 Å². The lowest BCUT2D eigenvalue weighted by molar-refractivity contribution is 0.0619. The van der Waals surface area contributed by atoms with Crippen molar-refractivity contribution in [3.8, 4) is 23.0 Å². The molecule has 1 aliphatic rings. The lowest BCUT2D eigenvalue weighted by atomic mass is 10.2. The third-order valence-corrected chi connectivity index (χ3v) is 3.98. The maximum Gasteiger partial charge on any atom is 0.247 e. The standard InChI is InChI=1S/C19H19N3O3/c1-22(11-15-13-23-16-9-5-6-10-17(16)24-15)12-18-20-21-19(25-18)14-7-3-2-4-8-14/h2-10,15H,11-13H2,1H3/t15-/m0/s1. The molecule has 1 atom stereocenters. The van der Waals surface area contributed by atoms with Crippen molar-refractivity contribution in [1.82, 2.24) is 15.1 Å². The van der Waals surface area contributed by atoms with Gasteiger partial charge < -0.3 is 13.9 Å². The molecule has 0 spiro atoms. The Kier molecular flexibility index (Phi) is 4.35. The van der Waals surface area contributed by atoms with Crippen molar-refractivity contribution >= 4 is 0 Å². The minimum Gasteiger partial charge on any atom is -0.486 e. The van der Waals surface area contributed by atoms with E-state index in [0.717, 1.165) is 17.1 Å². The molecule has 0 N–H and O–H groups in total. The molecule has 2 aromatic carbocycles. The van der Waals surface area contributed by atoms with Gasteiger partial charge in [0.1, 0.15) is 12.7 Å². The van der Waals surface area contributed by atoms with E-state index in [4.69, 9.17) is 13.9 Å². The SMILES string of the molecule is CN(Cc1nnc(-c2ccccc2)o1)C[C@H]1COc2ccccc2O1. The molecule has 0 radical (unpaired) electrons. The predicted molar refractivity (Wildman–Crippen MR) is 92.4 cm³/mol. The summed E-state index contributed by atoms with van der Waals surface area (Å²) >= 11 is 0. The van der Waals surface area contributed by atoms with Crippen LogP contribution in [0.25, 0.3) is 11.5 Å². The molecule has 25 heavy (non-hydrogen) atoms. The fourth-order valence-electron chi connectivity index (χ4n) is 2.81. The Morgan fingerprint density at radius 2 is 1.76 bits per heavy atom. The largest absolute Gasteiger partial charge is 0.486 e. The van der Waals surface area contributed by atoms with Crippen LogP contribution in [0.3, 0.4) is 0 Å². The van der Waals surface area contributed by atoms with E-state index in [1.165, 1.54) is 0 Å². The molecule has 0 aliphatic carbocycles. The lowest BCUT2D eigenvalue weighted by Crippen LogP contribution is -2.39. The number of para-hydroxylation sites is 2. The van der Waals surface area contributed by atoms with Crippen LogP contribution in [0.15, 0.2) is 59.0 Å². The van der Waals surface area contributed by atoms with Gasteiger partial charge in [0.2, 0.25) is 11.8 Å². The van der Waals surface area contributed by atoms with Crippen molar-refractivity contribution in [1.29, 1.82) is 0 Å². The van der Waals surface area contributed by atoms with Gasteiger partial charge in [0.25, 0.3) is 0 Å². The van der Waals surface area contributed by atoms with Gasteiger partial charge in [0.15, 0.2) is 11.5 Å². The number of nitrogens with zero attached hydrogens (tertiary/aromatic N) is 3. The molecule has 1 aromatic heterocycles. The summed E-state index contributed by atoms with van der Waals surface area (Å²) in [5, 5.41) is 8.25. The number of benzene rings is 2. The van der Waals surface area contributed by atoms with Crippen LogP contribution in [0.5, 0.6) is 11.5 Å². The first kappa shape index (κ1) is 15.7.